The van der Waals surface area contributed by atoms with E-state index in [4.69, 9.17) is 19.9 Å². The first kappa shape index (κ1) is 9.75. The predicted molar refractivity (Wildman–Crippen MR) is 26.9 cm³/mol. The molecule has 4 N–H and O–H groups in total. The molecule has 7 nitrogen and oxygen atoms in total. The lowest BCUT2D eigenvalue weighted by molar-refractivity contribution is -0.322. The van der Waals surface area contributed by atoms with E-state index in [1.54, 1.807) is 0 Å². The fourth-order valence-electron chi connectivity index (χ4n) is 0.154. The molecule has 0 aromatic carbocycles. The molecule has 0 saturated heterocycles. The van der Waals surface area contributed by atoms with Gasteiger partial charge in [0.1, 0.15) is 6.61 Å². The highest BCUT2D eigenvalue weighted by molar-refractivity contribution is 7.80. The summed E-state index contributed by atoms with van der Waals surface area (Å²) < 4.78 is 30.5. The molecule has 0 aromatic rings. The Morgan fingerprint density at radius 2 is 1.70 bits per heavy atom. The van der Waals surface area contributed by atoms with Crippen LogP contribution in [0.5, 0.6) is 0 Å². The van der Waals surface area contributed by atoms with Gasteiger partial charge in [0.15, 0.2) is 0 Å². The number of hydrogen-bond acceptors (Lipinski definition) is 6. The molecular formula is C2H6O7S. The van der Waals surface area contributed by atoms with Gasteiger partial charge in [0, 0.05) is 0 Å². The Hall–Kier alpha value is -0.250. The molecule has 0 aliphatic rings. The summed E-state index contributed by atoms with van der Waals surface area (Å²) in [6, 6.07) is 0. The van der Waals surface area contributed by atoms with Crippen molar-refractivity contribution < 1.29 is 32.5 Å². The first-order valence-electron chi connectivity index (χ1n) is 2.00. The van der Waals surface area contributed by atoms with Crippen molar-refractivity contribution in [3.8, 4) is 0 Å². The summed E-state index contributed by atoms with van der Waals surface area (Å²) in [5.74, 6) is -3.25. The molecule has 0 aliphatic heterocycles. The first-order valence-corrected chi connectivity index (χ1v) is 3.36. The van der Waals surface area contributed by atoms with Gasteiger partial charge < -0.3 is 15.3 Å². The Labute approximate surface area is 56.4 Å². The van der Waals surface area contributed by atoms with Gasteiger partial charge in [-0.1, -0.05) is 0 Å². The lowest BCUT2D eigenvalue weighted by atomic mass is 10.6. The molecular weight excluding hydrogens is 168 g/mol. The summed E-state index contributed by atoms with van der Waals surface area (Å²) in [5, 5.41) is 24.0. The van der Waals surface area contributed by atoms with E-state index in [0.29, 0.717) is 0 Å². The van der Waals surface area contributed by atoms with Gasteiger partial charge in [-0.05, 0) is 0 Å². The molecule has 0 rings (SSSR count). The van der Waals surface area contributed by atoms with E-state index in [0.717, 1.165) is 0 Å². The normalized spacial score (nSPS) is 13.6. The molecule has 0 unspecified atom stereocenters. The highest BCUT2D eigenvalue weighted by atomic mass is 32.3. The summed E-state index contributed by atoms with van der Waals surface area (Å²) in [6.07, 6.45) is 0. The zero-order chi connectivity index (χ0) is 8.41. The monoisotopic (exact) mass is 174 g/mol. The Bertz CT molecular complexity index is 184. The molecule has 62 valence electrons. The van der Waals surface area contributed by atoms with Crippen molar-refractivity contribution in [3.05, 3.63) is 0 Å². The van der Waals surface area contributed by atoms with Crippen LogP contribution >= 0.6 is 0 Å². The second-order valence-corrected chi connectivity index (χ2v) is 2.56. The number of hydrogen-bond donors (Lipinski definition) is 4. The highest BCUT2D eigenvalue weighted by Gasteiger charge is 2.21. The van der Waals surface area contributed by atoms with Crippen molar-refractivity contribution in [2.75, 3.05) is 6.61 Å². The second-order valence-electron chi connectivity index (χ2n) is 1.46. The van der Waals surface area contributed by atoms with Gasteiger partial charge in [-0.15, -0.1) is 0 Å². The van der Waals surface area contributed by atoms with Crippen LogP contribution in [0, 0.1) is 0 Å². The summed E-state index contributed by atoms with van der Waals surface area (Å²) in [6.45, 7) is -1.34. The first-order chi connectivity index (χ1) is 4.21. The summed E-state index contributed by atoms with van der Waals surface area (Å²) in [7, 11) is -4.74. The Morgan fingerprint density at radius 3 is 1.80 bits per heavy atom. The molecule has 0 heterocycles. The molecule has 0 aromatic heterocycles. The summed E-state index contributed by atoms with van der Waals surface area (Å²) in [5.41, 5.74) is 0. The van der Waals surface area contributed by atoms with E-state index in [1.165, 1.54) is 0 Å². The summed E-state index contributed by atoms with van der Waals surface area (Å²) in [4.78, 5) is 0. The van der Waals surface area contributed by atoms with Crippen molar-refractivity contribution in [3.63, 3.8) is 0 Å². The van der Waals surface area contributed by atoms with Gasteiger partial charge in [-0.3, -0.25) is 4.55 Å². The minimum absolute atomic E-state index is 1.34. The predicted octanol–water partition coefficient (Wildman–Crippen LogP) is -2.56. The topological polar surface area (TPSA) is 124 Å². The maximum atomic E-state index is 9.68. The third-order valence-electron chi connectivity index (χ3n) is 0.402. The lowest BCUT2D eigenvalue weighted by Gasteiger charge is -2.11. The van der Waals surface area contributed by atoms with E-state index in [1.807, 2.05) is 0 Å². The fraction of sp³-hybridized carbons (Fsp3) is 1.00. The van der Waals surface area contributed by atoms with Crippen LogP contribution in [0.15, 0.2) is 0 Å². The molecule has 0 fully saturated rings. The van der Waals surface area contributed by atoms with Gasteiger partial charge >= 0.3 is 16.4 Å². The van der Waals surface area contributed by atoms with Crippen molar-refractivity contribution in [1.82, 2.24) is 0 Å². The van der Waals surface area contributed by atoms with Gasteiger partial charge in [-0.25, -0.2) is 4.18 Å². The molecule has 0 atom stereocenters. The number of rotatable bonds is 3. The third-order valence-corrected chi connectivity index (χ3v) is 0.817. The second kappa shape index (κ2) is 2.78. The van der Waals surface area contributed by atoms with E-state index < -0.39 is 23.0 Å². The smallest absolute Gasteiger partial charge is 0.342 e. The molecule has 0 amide bonds. The average Bonchev–Trinajstić information content (AvgIpc) is 1.57. The lowest BCUT2D eigenvalue weighted by Crippen LogP contribution is -2.34. The van der Waals surface area contributed by atoms with Crippen molar-refractivity contribution in [2.24, 2.45) is 0 Å². The van der Waals surface area contributed by atoms with Crippen molar-refractivity contribution >= 4 is 10.4 Å². The maximum absolute atomic E-state index is 9.68. The zero-order valence-corrected chi connectivity index (χ0v) is 5.45. The van der Waals surface area contributed by atoms with E-state index in [-0.39, 0.29) is 0 Å². The van der Waals surface area contributed by atoms with Crippen LogP contribution in [0.4, 0.5) is 0 Å². The van der Waals surface area contributed by atoms with E-state index >= 15 is 0 Å². The molecule has 0 bridgehead atoms. The average molecular weight is 174 g/mol. The molecule has 0 saturated carbocycles. The van der Waals surface area contributed by atoms with E-state index in [2.05, 4.69) is 4.18 Å². The highest BCUT2D eigenvalue weighted by Crippen LogP contribution is 1.95. The van der Waals surface area contributed by atoms with Gasteiger partial charge in [0.25, 0.3) is 0 Å². The Balaban J connectivity index is 3.79. The molecule has 0 spiro atoms. The van der Waals surface area contributed by atoms with Crippen LogP contribution in [0.1, 0.15) is 0 Å². The van der Waals surface area contributed by atoms with Crippen LogP contribution < -0.4 is 0 Å². The van der Waals surface area contributed by atoms with Gasteiger partial charge in [-0.2, -0.15) is 8.42 Å². The molecule has 10 heavy (non-hydrogen) atoms. The SMILES string of the molecule is O=S(=O)(O)OCC(O)(O)O. The zero-order valence-electron chi connectivity index (χ0n) is 4.63. The van der Waals surface area contributed by atoms with Crippen LogP contribution in [0.3, 0.4) is 0 Å². The van der Waals surface area contributed by atoms with Crippen LogP contribution in [0.2, 0.25) is 0 Å². The van der Waals surface area contributed by atoms with Gasteiger partial charge in [0.05, 0.1) is 0 Å². The third kappa shape index (κ3) is 7.75. The van der Waals surface area contributed by atoms with Crippen molar-refractivity contribution in [2.45, 2.75) is 5.97 Å². The molecule has 0 aliphatic carbocycles. The molecule has 8 heteroatoms. The minimum Gasteiger partial charge on any atom is -0.342 e. The Kier molecular flexibility index (Phi) is 2.71. The standard InChI is InChI=1S/C2H6O7S/c3-2(4,5)1-9-10(6,7)8/h3-5H,1H2,(H,6,7,8). The minimum atomic E-state index is -4.74. The van der Waals surface area contributed by atoms with Crippen LogP contribution in [0.25, 0.3) is 0 Å². The van der Waals surface area contributed by atoms with Crippen LogP contribution in [-0.4, -0.2) is 40.9 Å². The number of aliphatic hydroxyl groups is 3. The van der Waals surface area contributed by atoms with E-state index in [9.17, 15) is 8.42 Å². The van der Waals surface area contributed by atoms with Gasteiger partial charge in [0.2, 0.25) is 0 Å². The summed E-state index contributed by atoms with van der Waals surface area (Å²) >= 11 is 0. The largest absolute Gasteiger partial charge is 0.397 e. The van der Waals surface area contributed by atoms with Crippen molar-refractivity contribution in [1.29, 1.82) is 0 Å². The van der Waals surface area contributed by atoms with Crippen LogP contribution in [-0.2, 0) is 14.6 Å². The Morgan fingerprint density at radius 1 is 1.30 bits per heavy atom. The fourth-order valence-corrected chi connectivity index (χ4v) is 0.461. The maximum Gasteiger partial charge on any atom is 0.397 e. The molecule has 0 radical (unpaired) electrons. The quantitative estimate of drug-likeness (QED) is 0.274.